The number of carbonyl (C=O) groups is 1. The predicted octanol–water partition coefficient (Wildman–Crippen LogP) is 5.32. The number of hydrogen-bond acceptors (Lipinski definition) is 7. The van der Waals surface area contributed by atoms with Crippen LogP contribution in [-0.2, 0) is 16.6 Å². The van der Waals surface area contributed by atoms with E-state index in [1.54, 1.807) is 24.3 Å². The maximum Gasteiger partial charge on any atom is 0.291 e. The van der Waals surface area contributed by atoms with E-state index in [1.165, 1.54) is 42.5 Å². The second-order valence-electron chi connectivity index (χ2n) is 7.29. The van der Waals surface area contributed by atoms with Gasteiger partial charge in [0.05, 0.1) is 4.90 Å². The fourth-order valence-electron chi connectivity index (χ4n) is 2.92. The van der Waals surface area contributed by atoms with Crippen LogP contribution in [0, 0.1) is 6.92 Å². The highest BCUT2D eigenvalue weighted by atomic mass is 35.5. The molecule has 0 bridgehead atoms. The van der Waals surface area contributed by atoms with Gasteiger partial charge in [0.25, 0.3) is 15.9 Å². The number of nitrogens with zero attached hydrogens (tertiary/aromatic N) is 2. The van der Waals surface area contributed by atoms with Gasteiger partial charge in [0.15, 0.2) is 16.7 Å². The van der Waals surface area contributed by atoms with Crippen LogP contribution in [0.25, 0.3) is 0 Å². The van der Waals surface area contributed by atoms with E-state index >= 15 is 0 Å². The summed E-state index contributed by atoms with van der Waals surface area (Å²) in [5.41, 5.74) is 1.27. The molecule has 180 valence electrons. The van der Waals surface area contributed by atoms with E-state index in [0.717, 1.165) is 5.56 Å². The molecule has 12 heteroatoms. The lowest BCUT2D eigenvalue weighted by molar-refractivity contribution is 0.0992. The van der Waals surface area contributed by atoms with E-state index in [2.05, 4.69) is 20.2 Å². The highest BCUT2D eigenvalue weighted by Gasteiger charge is 2.16. The molecule has 0 fully saturated rings. The Morgan fingerprint density at radius 2 is 1.77 bits per heavy atom. The minimum Gasteiger partial charge on any atom is -0.486 e. The standard InChI is InChI=1S/C23H18Cl2N4O5S/c1-14-12-16(4-8-19(14)24)33-13-17-5-9-20(34-17)23(30)26-15-2-6-18(7-3-15)35(31,32)29-22-11-10-21(25)27-28-22/h2-12H,13H2,1H3,(H,26,30)(H,28,29). The summed E-state index contributed by atoms with van der Waals surface area (Å²) in [5, 5.41) is 10.7. The van der Waals surface area contributed by atoms with Crippen molar-refractivity contribution in [2.45, 2.75) is 18.4 Å². The molecule has 0 aliphatic heterocycles. The number of benzene rings is 2. The first-order valence-electron chi connectivity index (χ1n) is 10.1. The third kappa shape index (κ3) is 6.30. The molecule has 0 aliphatic rings. The molecular formula is C23H18Cl2N4O5S. The number of aryl methyl sites for hydroxylation is 1. The highest BCUT2D eigenvalue weighted by Crippen LogP contribution is 2.23. The molecule has 4 aromatic rings. The maximum atomic E-state index is 12.5. The van der Waals surface area contributed by atoms with E-state index in [-0.39, 0.29) is 28.2 Å². The summed E-state index contributed by atoms with van der Waals surface area (Å²) in [7, 11) is -3.90. The molecule has 1 amide bonds. The molecule has 2 aromatic heterocycles. The lowest BCUT2D eigenvalue weighted by atomic mass is 10.2. The van der Waals surface area contributed by atoms with Crippen molar-refractivity contribution >= 4 is 50.6 Å². The number of aromatic nitrogens is 2. The number of amides is 1. The summed E-state index contributed by atoms with van der Waals surface area (Å²) >= 11 is 11.7. The van der Waals surface area contributed by atoms with Gasteiger partial charge in [-0.3, -0.25) is 9.52 Å². The van der Waals surface area contributed by atoms with Gasteiger partial charge < -0.3 is 14.5 Å². The van der Waals surface area contributed by atoms with Crippen LogP contribution in [0.3, 0.4) is 0 Å². The van der Waals surface area contributed by atoms with Crippen LogP contribution >= 0.6 is 23.2 Å². The van der Waals surface area contributed by atoms with Crippen molar-refractivity contribution in [3.63, 3.8) is 0 Å². The smallest absolute Gasteiger partial charge is 0.291 e. The summed E-state index contributed by atoms with van der Waals surface area (Å²) in [6.07, 6.45) is 0. The summed E-state index contributed by atoms with van der Waals surface area (Å²) in [6.45, 7) is 2.00. The lowest BCUT2D eigenvalue weighted by Crippen LogP contribution is -2.15. The van der Waals surface area contributed by atoms with Crippen LogP contribution in [0.2, 0.25) is 10.2 Å². The number of furan rings is 1. The Morgan fingerprint density at radius 1 is 1.00 bits per heavy atom. The molecule has 4 rings (SSSR count). The van der Waals surface area contributed by atoms with E-state index < -0.39 is 15.9 Å². The average molecular weight is 533 g/mol. The van der Waals surface area contributed by atoms with Gasteiger partial charge in [-0.2, -0.15) is 0 Å². The number of halogens is 2. The normalized spacial score (nSPS) is 11.2. The van der Waals surface area contributed by atoms with E-state index in [0.29, 0.717) is 22.2 Å². The van der Waals surface area contributed by atoms with Crippen LogP contribution in [0.15, 0.2) is 76.0 Å². The van der Waals surface area contributed by atoms with Gasteiger partial charge in [-0.25, -0.2) is 8.42 Å². The summed E-state index contributed by atoms with van der Waals surface area (Å²) < 4.78 is 38.5. The van der Waals surface area contributed by atoms with Gasteiger partial charge in [-0.15, -0.1) is 10.2 Å². The molecule has 0 aliphatic carbocycles. The molecule has 0 saturated heterocycles. The van der Waals surface area contributed by atoms with E-state index in [4.69, 9.17) is 32.4 Å². The predicted molar refractivity (Wildman–Crippen MR) is 131 cm³/mol. The molecule has 2 N–H and O–H groups in total. The molecule has 0 spiro atoms. The molecule has 0 radical (unpaired) electrons. The SMILES string of the molecule is Cc1cc(OCc2ccc(C(=O)Nc3ccc(S(=O)(=O)Nc4ccc(Cl)nn4)cc3)o2)ccc1Cl. The molecule has 2 heterocycles. The van der Waals surface area contributed by atoms with Crippen molar-refractivity contribution in [3.8, 4) is 5.75 Å². The van der Waals surface area contributed by atoms with Gasteiger partial charge in [-0.05, 0) is 79.2 Å². The van der Waals surface area contributed by atoms with Gasteiger partial charge in [0.2, 0.25) is 0 Å². The monoisotopic (exact) mass is 532 g/mol. The first-order chi connectivity index (χ1) is 16.7. The Balaban J connectivity index is 1.35. The quantitative estimate of drug-likeness (QED) is 0.314. The number of nitrogens with one attached hydrogen (secondary N) is 2. The highest BCUT2D eigenvalue weighted by molar-refractivity contribution is 7.92. The number of anilines is 2. The largest absolute Gasteiger partial charge is 0.486 e. The van der Waals surface area contributed by atoms with Crippen molar-refractivity contribution in [2.75, 3.05) is 10.0 Å². The molecular weight excluding hydrogens is 515 g/mol. The zero-order chi connectivity index (χ0) is 25.0. The van der Waals surface area contributed by atoms with Gasteiger partial charge in [-0.1, -0.05) is 23.2 Å². The first kappa shape index (κ1) is 24.5. The first-order valence-corrected chi connectivity index (χ1v) is 12.3. The zero-order valence-corrected chi connectivity index (χ0v) is 20.5. The van der Waals surface area contributed by atoms with Crippen molar-refractivity contribution in [1.82, 2.24) is 10.2 Å². The fourth-order valence-corrected chi connectivity index (χ4v) is 4.13. The van der Waals surface area contributed by atoms with Gasteiger partial charge >= 0.3 is 0 Å². The van der Waals surface area contributed by atoms with Crippen molar-refractivity contribution in [1.29, 1.82) is 0 Å². The number of hydrogen-bond donors (Lipinski definition) is 2. The van der Waals surface area contributed by atoms with Crippen LogP contribution in [0.1, 0.15) is 21.9 Å². The van der Waals surface area contributed by atoms with Crippen LogP contribution < -0.4 is 14.8 Å². The van der Waals surface area contributed by atoms with Crippen LogP contribution in [0.4, 0.5) is 11.5 Å². The van der Waals surface area contributed by atoms with Crippen molar-refractivity contribution in [2.24, 2.45) is 0 Å². The number of ether oxygens (including phenoxy) is 1. The molecule has 35 heavy (non-hydrogen) atoms. The van der Waals surface area contributed by atoms with Crippen molar-refractivity contribution in [3.05, 3.63) is 94.0 Å². The molecule has 0 atom stereocenters. The second kappa shape index (κ2) is 10.3. The summed E-state index contributed by atoms with van der Waals surface area (Å²) in [4.78, 5) is 12.5. The minimum absolute atomic E-state index is 0.0237. The van der Waals surface area contributed by atoms with E-state index in [9.17, 15) is 13.2 Å². The van der Waals surface area contributed by atoms with Crippen LogP contribution in [0.5, 0.6) is 5.75 Å². The molecule has 9 nitrogen and oxygen atoms in total. The minimum atomic E-state index is -3.90. The van der Waals surface area contributed by atoms with Gasteiger partial charge in [0, 0.05) is 10.7 Å². The zero-order valence-electron chi connectivity index (χ0n) is 18.2. The Labute approximate surface area is 211 Å². The molecule has 2 aromatic carbocycles. The third-order valence-corrected chi connectivity index (χ3v) is 6.69. The Morgan fingerprint density at radius 3 is 2.46 bits per heavy atom. The van der Waals surface area contributed by atoms with Crippen LogP contribution in [-0.4, -0.2) is 24.5 Å². The average Bonchev–Trinajstić information content (AvgIpc) is 3.31. The third-order valence-electron chi connectivity index (χ3n) is 4.69. The number of sulfonamides is 1. The Bertz CT molecular complexity index is 1460. The van der Waals surface area contributed by atoms with Gasteiger partial charge in [0.1, 0.15) is 18.1 Å². The van der Waals surface area contributed by atoms with Crippen molar-refractivity contribution < 1.29 is 22.4 Å². The lowest BCUT2D eigenvalue weighted by Gasteiger charge is -2.08. The maximum absolute atomic E-state index is 12.5. The Kier molecular flexibility index (Phi) is 7.25. The number of carbonyl (C=O) groups excluding carboxylic acids is 1. The number of rotatable bonds is 8. The molecule has 0 unspecified atom stereocenters. The topological polar surface area (TPSA) is 123 Å². The summed E-state index contributed by atoms with van der Waals surface area (Å²) in [6, 6.07) is 16.9. The summed E-state index contributed by atoms with van der Waals surface area (Å²) in [5.74, 6) is 0.692. The second-order valence-corrected chi connectivity index (χ2v) is 9.77. The molecule has 0 saturated carbocycles. The Hall–Kier alpha value is -3.60. The fraction of sp³-hybridized carbons (Fsp3) is 0.0870. The van der Waals surface area contributed by atoms with E-state index in [1.807, 2.05) is 6.92 Å².